The second-order valence-electron chi connectivity index (χ2n) is 6.37. The van der Waals surface area contributed by atoms with Crippen LogP contribution in [-0.4, -0.2) is 37.0 Å². The van der Waals surface area contributed by atoms with E-state index in [2.05, 4.69) is 36.2 Å². The van der Waals surface area contributed by atoms with Crippen LogP contribution in [0, 0.1) is 0 Å². The predicted octanol–water partition coefficient (Wildman–Crippen LogP) is 2.89. The van der Waals surface area contributed by atoms with Gasteiger partial charge in [-0.2, -0.15) is 0 Å². The highest BCUT2D eigenvalue weighted by Gasteiger charge is 2.26. The Hall–Kier alpha value is -2.33. The van der Waals surface area contributed by atoms with E-state index in [4.69, 9.17) is 5.73 Å². The van der Waals surface area contributed by atoms with Gasteiger partial charge in [-0.1, -0.05) is 30.3 Å². The topological polar surface area (TPSA) is 49.6 Å². The van der Waals surface area contributed by atoms with Crippen LogP contribution in [0.2, 0.25) is 0 Å². The number of rotatable bonds is 4. The molecular weight excluding hydrogens is 298 g/mol. The molecule has 1 amide bonds. The Morgan fingerprint density at radius 1 is 1.08 bits per heavy atom. The number of hydrogen-bond acceptors (Lipinski definition) is 3. The largest absolute Gasteiger partial charge is 0.371 e. The summed E-state index contributed by atoms with van der Waals surface area (Å²) >= 11 is 0. The number of benzene rings is 2. The number of amides is 1. The third kappa shape index (κ3) is 3.60. The number of hydrogen-bond donors (Lipinski definition) is 1. The number of carbonyl (C=O) groups is 1. The molecule has 0 saturated carbocycles. The van der Waals surface area contributed by atoms with E-state index in [1.165, 1.54) is 5.69 Å². The summed E-state index contributed by atoms with van der Waals surface area (Å²) in [6, 6.07) is 18.6. The average molecular weight is 323 g/mol. The first-order valence-electron chi connectivity index (χ1n) is 8.55. The third-order valence-electron chi connectivity index (χ3n) is 4.90. The van der Waals surface area contributed by atoms with Crippen molar-refractivity contribution in [2.75, 3.05) is 25.0 Å². The van der Waals surface area contributed by atoms with Crippen LogP contribution in [0.25, 0.3) is 0 Å². The van der Waals surface area contributed by atoms with Crippen LogP contribution in [0.15, 0.2) is 54.6 Å². The van der Waals surface area contributed by atoms with E-state index in [1.54, 1.807) is 0 Å². The molecule has 4 heteroatoms. The second-order valence-corrected chi connectivity index (χ2v) is 6.37. The van der Waals surface area contributed by atoms with E-state index in [0.717, 1.165) is 37.1 Å². The fourth-order valence-corrected chi connectivity index (χ4v) is 3.30. The molecule has 0 aliphatic carbocycles. The zero-order chi connectivity index (χ0) is 16.9. The highest BCUT2D eigenvalue weighted by atomic mass is 16.2. The molecule has 1 aliphatic rings. The van der Waals surface area contributed by atoms with Gasteiger partial charge < -0.3 is 15.5 Å². The minimum absolute atomic E-state index is 0.124. The molecule has 1 aliphatic heterocycles. The van der Waals surface area contributed by atoms with Gasteiger partial charge >= 0.3 is 0 Å². The number of carbonyl (C=O) groups excluding carboxylic acids is 1. The molecule has 0 unspecified atom stereocenters. The fourth-order valence-electron chi connectivity index (χ4n) is 3.30. The molecule has 4 nitrogen and oxygen atoms in total. The molecule has 1 heterocycles. The predicted molar refractivity (Wildman–Crippen MR) is 98.1 cm³/mol. The summed E-state index contributed by atoms with van der Waals surface area (Å²) in [5.74, 6) is 0.124. The van der Waals surface area contributed by atoms with Crippen molar-refractivity contribution < 1.29 is 4.79 Å². The van der Waals surface area contributed by atoms with E-state index >= 15 is 0 Å². The number of likely N-dealkylation sites (tertiary alicyclic amines) is 1. The summed E-state index contributed by atoms with van der Waals surface area (Å²) in [5.41, 5.74) is 8.65. The number of piperidine rings is 1. The van der Waals surface area contributed by atoms with Gasteiger partial charge in [0.2, 0.25) is 0 Å². The molecule has 126 valence electrons. The minimum Gasteiger partial charge on any atom is -0.371 e. The minimum atomic E-state index is 0.124. The molecule has 1 fully saturated rings. The van der Waals surface area contributed by atoms with Gasteiger partial charge in [0.25, 0.3) is 5.91 Å². The quantitative estimate of drug-likeness (QED) is 0.941. The maximum absolute atomic E-state index is 12.6. The van der Waals surface area contributed by atoms with Crippen molar-refractivity contribution in [2.45, 2.75) is 25.4 Å². The number of anilines is 1. The number of nitrogens with two attached hydrogens (primary N) is 1. The Morgan fingerprint density at radius 2 is 1.71 bits per heavy atom. The molecule has 0 radical (unpaired) electrons. The van der Waals surface area contributed by atoms with E-state index < -0.39 is 0 Å². The van der Waals surface area contributed by atoms with E-state index in [0.29, 0.717) is 12.6 Å². The van der Waals surface area contributed by atoms with Crippen molar-refractivity contribution >= 4 is 11.6 Å². The van der Waals surface area contributed by atoms with Crippen LogP contribution < -0.4 is 10.6 Å². The molecule has 0 spiro atoms. The standard InChI is InChI=1S/C20H25N3O/c1-22(18-5-3-2-4-6-18)19-11-13-23(14-12-19)20(24)17-9-7-16(15-21)8-10-17/h2-10,19H,11-15,21H2,1H3. The third-order valence-corrected chi connectivity index (χ3v) is 4.90. The Kier molecular flexibility index (Phi) is 5.16. The van der Waals surface area contributed by atoms with Crippen LogP contribution in [0.5, 0.6) is 0 Å². The molecule has 24 heavy (non-hydrogen) atoms. The summed E-state index contributed by atoms with van der Waals surface area (Å²) in [7, 11) is 2.14. The number of para-hydroxylation sites is 1. The molecule has 2 aromatic carbocycles. The first-order valence-corrected chi connectivity index (χ1v) is 8.55. The number of nitrogens with zero attached hydrogens (tertiary/aromatic N) is 2. The molecule has 3 rings (SSSR count). The average Bonchev–Trinajstić information content (AvgIpc) is 2.68. The molecule has 0 bridgehead atoms. The maximum Gasteiger partial charge on any atom is 0.253 e. The zero-order valence-electron chi connectivity index (χ0n) is 14.2. The van der Waals surface area contributed by atoms with Gasteiger partial charge in [0, 0.05) is 44.0 Å². The molecule has 2 N–H and O–H groups in total. The molecule has 2 aromatic rings. The SMILES string of the molecule is CN(c1ccccc1)C1CCN(C(=O)c2ccc(CN)cc2)CC1. The summed E-state index contributed by atoms with van der Waals surface area (Å²) < 4.78 is 0. The van der Waals surface area contributed by atoms with E-state index in [9.17, 15) is 4.79 Å². The van der Waals surface area contributed by atoms with Crippen molar-refractivity contribution in [2.24, 2.45) is 5.73 Å². The van der Waals surface area contributed by atoms with E-state index in [1.807, 2.05) is 35.2 Å². The van der Waals surface area contributed by atoms with Crippen LogP contribution in [-0.2, 0) is 6.54 Å². The molecular formula is C20H25N3O. The van der Waals surface area contributed by atoms with Crippen molar-refractivity contribution in [3.05, 3.63) is 65.7 Å². The van der Waals surface area contributed by atoms with Crippen molar-refractivity contribution in [1.82, 2.24) is 4.90 Å². The highest BCUT2D eigenvalue weighted by Crippen LogP contribution is 2.22. The first kappa shape index (κ1) is 16.5. The maximum atomic E-state index is 12.6. The van der Waals surface area contributed by atoms with Crippen LogP contribution >= 0.6 is 0 Å². The van der Waals surface area contributed by atoms with Gasteiger partial charge in [0.1, 0.15) is 0 Å². The van der Waals surface area contributed by atoms with Crippen molar-refractivity contribution in [1.29, 1.82) is 0 Å². The van der Waals surface area contributed by atoms with Gasteiger partial charge in [0.05, 0.1) is 0 Å². The zero-order valence-corrected chi connectivity index (χ0v) is 14.2. The van der Waals surface area contributed by atoms with Crippen LogP contribution in [0.4, 0.5) is 5.69 Å². The summed E-state index contributed by atoms with van der Waals surface area (Å²) in [5, 5.41) is 0. The summed E-state index contributed by atoms with van der Waals surface area (Å²) in [4.78, 5) is 16.9. The van der Waals surface area contributed by atoms with Gasteiger partial charge in [-0.3, -0.25) is 4.79 Å². The second kappa shape index (κ2) is 7.49. The molecule has 1 saturated heterocycles. The van der Waals surface area contributed by atoms with Crippen LogP contribution in [0.3, 0.4) is 0 Å². The smallest absolute Gasteiger partial charge is 0.253 e. The Balaban J connectivity index is 1.59. The lowest BCUT2D eigenvalue weighted by molar-refractivity contribution is 0.0713. The van der Waals surface area contributed by atoms with Crippen LogP contribution in [0.1, 0.15) is 28.8 Å². The van der Waals surface area contributed by atoms with Gasteiger partial charge in [-0.05, 0) is 42.7 Å². The van der Waals surface area contributed by atoms with Gasteiger partial charge in [-0.15, -0.1) is 0 Å². The highest BCUT2D eigenvalue weighted by molar-refractivity contribution is 5.94. The molecule has 0 atom stereocenters. The lowest BCUT2D eigenvalue weighted by atomic mass is 10.0. The lowest BCUT2D eigenvalue weighted by Gasteiger charge is -2.38. The lowest BCUT2D eigenvalue weighted by Crippen LogP contribution is -2.45. The normalized spacial score (nSPS) is 15.3. The van der Waals surface area contributed by atoms with Crippen molar-refractivity contribution in [3.63, 3.8) is 0 Å². The van der Waals surface area contributed by atoms with E-state index in [-0.39, 0.29) is 5.91 Å². The monoisotopic (exact) mass is 323 g/mol. The Morgan fingerprint density at radius 3 is 2.29 bits per heavy atom. The first-order chi connectivity index (χ1) is 11.7. The van der Waals surface area contributed by atoms with Gasteiger partial charge in [0.15, 0.2) is 0 Å². The summed E-state index contributed by atoms with van der Waals surface area (Å²) in [6.07, 6.45) is 2.00. The van der Waals surface area contributed by atoms with Gasteiger partial charge in [-0.25, -0.2) is 0 Å². The summed E-state index contributed by atoms with van der Waals surface area (Å²) in [6.45, 7) is 2.12. The van der Waals surface area contributed by atoms with Crippen molar-refractivity contribution in [3.8, 4) is 0 Å². The Bertz CT molecular complexity index is 661. The molecule has 0 aromatic heterocycles. The Labute approximate surface area is 143 Å². The fraction of sp³-hybridized carbons (Fsp3) is 0.350.